The van der Waals surface area contributed by atoms with Crippen molar-refractivity contribution in [2.75, 3.05) is 6.61 Å². The van der Waals surface area contributed by atoms with Crippen LogP contribution >= 0.6 is 0 Å². The van der Waals surface area contributed by atoms with Gasteiger partial charge >= 0.3 is 5.97 Å². The Labute approximate surface area is 87.2 Å². The molecule has 0 amide bonds. The molecule has 1 heterocycles. The van der Waals surface area contributed by atoms with Crippen molar-refractivity contribution in [1.82, 2.24) is 0 Å². The summed E-state index contributed by atoms with van der Waals surface area (Å²) in [5, 5.41) is 9.84. The Balaban J connectivity index is 2.27. The van der Waals surface area contributed by atoms with Crippen LogP contribution in [-0.2, 0) is 14.3 Å². The Morgan fingerprint density at radius 1 is 1.40 bits per heavy atom. The number of cyclic esters (lactones) is 1. The Kier molecular flexibility index (Phi) is 2.58. The largest absolute Gasteiger partial charge is 0.511 e. The smallest absolute Gasteiger partial charge is 0.345 e. The summed E-state index contributed by atoms with van der Waals surface area (Å²) in [6.45, 7) is -0.235. The van der Waals surface area contributed by atoms with Crippen LogP contribution in [0, 0.1) is 5.92 Å². The SMILES string of the molecule is O=C1COC(=O)C1=C(O)C1CC=CCC1. The third-order valence-electron chi connectivity index (χ3n) is 2.73. The van der Waals surface area contributed by atoms with E-state index in [0.717, 1.165) is 12.8 Å². The highest BCUT2D eigenvalue weighted by Gasteiger charge is 2.34. The van der Waals surface area contributed by atoms with E-state index in [1.165, 1.54) is 0 Å². The molecule has 0 radical (unpaired) electrons. The quantitative estimate of drug-likeness (QED) is 0.232. The standard InChI is InChI=1S/C11H12O4/c12-8-6-15-11(14)9(8)10(13)7-4-2-1-3-5-7/h1-2,7,13H,3-6H2. The lowest BCUT2D eigenvalue weighted by Crippen LogP contribution is -2.14. The van der Waals surface area contributed by atoms with Gasteiger partial charge in [0.25, 0.3) is 0 Å². The van der Waals surface area contributed by atoms with E-state index in [1.807, 2.05) is 12.2 Å². The Morgan fingerprint density at radius 2 is 2.20 bits per heavy atom. The number of ketones is 1. The lowest BCUT2D eigenvalue weighted by molar-refractivity contribution is -0.135. The monoisotopic (exact) mass is 208 g/mol. The summed E-state index contributed by atoms with van der Waals surface area (Å²) in [4.78, 5) is 22.5. The van der Waals surface area contributed by atoms with Gasteiger partial charge in [-0.1, -0.05) is 12.2 Å². The van der Waals surface area contributed by atoms with Gasteiger partial charge in [0.05, 0.1) is 0 Å². The van der Waals surface area contributed by atoms with Gasteiger partial charge in [-0.3, -0.25) is 4.79 Å². The van der Waals surface area contributed by atoms with E-state index in [2.05, 4.69) is 4.74 Å². The zero-order valence-electron chi connectivity index (χ0n) is 8.23. The molecule has 0 spiro atoms. The minimum atomic E-state index is -0.688. The second-order valence-electron chi connectivity index (χ2n) is 3.74. The van der Waals surface area contributed by atoms with Gasteiger partial charge < -0.3 is 9.84 Å². The van der Waals surface area contributed by atoms with Crippen molar-refractivity contribution in [3.05, 3.63) is 23.5 Å². The van der Waals surface area contributed by atoms with E-state index in [4.69, 9.17) is 0 Å². The highest BCUT2D eigenvalue weighted by atomic mass is 16.5. The lowest BCUT2D eigenvalue weighted by atomic mass is 9.90. The molecule has 1 saturated heterocycles. The molecule has 0 aromatic carbocycles. The van der Waals surface area contributed by atoms with Crippen LogP contribution < -0.4 is 0 Å². The molecule has 1 fully saturated rings. The van der Waals surface area contributed by atoms with E-state index in [9.17, 15) is 14.7 Å². The first-order chi connectivity index (χ1) is 7.20. The number of carbonyl (C=O) groups is 2. The fourth-order valence-electron chi connectivity index (χ4n) is 1.88. The molecule has 0 aromatic rings. The van der Waals surface area contributed by atoms with Crippen molar-refractivity contribution in [1.29, 1.82) is 0 Å². The Hall–Kier alpha value is -1.58. The fraction of sp³-hybridized carbons (Fsp3) is 0.455. The molecule has 4 nitrogen and oxygen atoms in total. The molecule has 1 aliphatic carbocycles. The Bertz CT molecular complexity index is 347. The molecule has 2 rings (SSSR count). The van der Waals surface area contributed by atoms with Crippen LogP contribution in [0.5, 0.6) is 0 Å². The number of rotatable bonds is 1. The predicted molar refractivity (Wildman–Crippen MR) is 52.1 cm³/mol. The third-order valence-corrected chi connectivity index (χ3v) is 2.73. The molecular weight excluding hydrogens is 196 g/mol. The number of esters is 1. The molecule has 0 bridgehead atoms. The van der Waals surface area contributed by atoms with Crippen LogP contribution in [0.25, 0.3) is 0 Å². The normalized spacial score (nSPS) is 29.2. The second-order valence-corrected chi connectivity index (χ2v) is 3.74. The van der Waals surface area contributed by atoms with Crippen molar-refractivity contribution in [2.45, 2.75) is 19.3 Å². The first kappa shape index (κ1) is 9.96. The van der Waals surface area contributed by atoms with Gasteiger partial charge in [-0.05, 0) is 19.3 Å². The van der Waals surface area contributed by atoms with Crippen molar-refractivity contribution in [3.8, 4) is 0 Å². The summed E-state index contributed by atoms with van der Waals surface area (Å²) in [6.07, 6.45) is 6.30. The average molecular weight is 208 g/mol. The number of aliphatic hydroxyl groups is 1. The van der Waals surface area contributed by atoms with Crippen LogP contribution in [0.1, 0.15) is 19.3 Å². The number of carbonyl (C=O) groups excluding carboxylic acids is 2. The van der Waals surface area contributed by atoms with Gasteiger partial charge in [0.15, 0.2) is 6.61 Å². The zero-order valence-corrected chi connectivity index (χ0v) is 8.23. The van der Waals surface area contributed by atoms with E-state index in [0.29, 0.717) is 6.42 Å². The summed E-state index contributed by atoms with van der Waals surface area (Å²) in [7, 11) is 0. The fourth-order valence-corrected chi connectivity index (χ4v) is 1.88. The highest BCUT2D eigenvalue weighted by Crippen LogP contribution is 2.28. The number of hydrogen-bond donors (Lipinski definition) is 1. The predicted octanol–water partition coefficient (Wildman–Crippen LogP) is 1.28. The highest BCUT2D eigenvalue weighted by molar-refractivity contribution is 6.22. The first-order valence-electron chi connectivity index (χ1n) is 4.98. The van der Waals surface area contributed by atoms with Crippen molar-refractivity contribution >= 4 is 11.8 Å². The van der Waals surface area contributed by atoms with Gasteiger partial charge in [0.2, 0.25) is 5.78 Å². The molecule has 0 saturated carbocycles. The lowest BCUT2D eigenvalue weighted by Gasteiger charge is -2.17. The molecule has 4 heteroatoms. The molecule has 1 N–H and O–H groups in total. The van der Waals surface area contributed by atoms with Crippen LogP contribution in [0.4, 0.5) is 0 Å². The maximum absolute atomic E-state index is 11.3. The van der Waals surface area contributed by atoms with Crippen molar-refractivity contribution in [2.24, 2.45) is 5.92 Å². The number of aliphatic hydroxyl groups excluding tert-OH is 1. The molecule has 0 aromatic heterocycles. The molecule has 1 aliphatic heterocycles. The number of hydrogen-bond acceptors (Lipinski definition) is 4. The van der Waals surface area contributed by atoms with E-state index in [1.54, 1.807) is 0 Å². The molecule has 1 unspecified atom stereocenters. The first-order valence-corrected chi connectivity index (χ1v) is 4.98. The summed E-state index contributed by atoms with van der Waals surface area (Å²) in [6, 6.07) is 0. The van der Waals surface area contributed by atoms with Gasteiger partial charge in [-0.2, -0.15) is 0 Å². The summed E-state index contributed by atoms with van der Waals surface area (Å²) < 4.78 is 4.57. The summed E-state index contributed by atoms with van der Waals surface area (Å²) in [5.41, 5.74) is -0.143. The van der Waals surface area contributed by atoms with Gasteiger partial charge in [-0.15, -0.1) is 0 Å². The van der Waals surface area contributed by atoms with E-state index in [-0.39, 0.29) is 23.9 Å². The topological polar surface area (TPSA) is 63.6 Å². The van der Waals surface area contributed by atoms with Crippen LogP contribution in [0.2, 0.25) is 0 Å². The van der Waals surface area contributed by atoms with E-state index < -0.39 is 11.8 Å². The summed E-state index contributed by atoms with van der Waals surface area (Å²) in [5.74, 6) is -1.30. The molecular formula is C11H12O4. The van der Waals surface area contributed by atoms with E-state index >= 15 is 0 Å². The summed E-state index contributed by atoms with van der Waals surface area (Å²) >= 11 is 0. The van der Waals surface area contributed by atoms with Crippen molar-refractivity contribution in [3.63, 3.8) is 0 Å². The number of allylic oxidation sites excluding steroid dienone is 3. The van der Waals surface area contributed by atoms with Crippen LogP contribution in [0.3, 0.4) is 0 Å². The van der Waals surface area contributed by atoms with Crippen LogP contribution in [-0.4, -0.2) is 23.5 Å². The number of Topliss-reactive ketones (excluding diaryl/α,β-unsaturated/α-hetero) is 1. The van der Waals surface area contributed by atoms with Crippen LogP contribution in [0.15, 0.2) is 23.5 Å². The van der Waals surface area contributed by atoms with Crippen molar-refractivity contribution < 1.29 is 19.4 Å². The maximum Gasteiger partial charge on any atom is 0.345 e. The molecule has 1 atom stereocenters. The molecule has 15 heavy (non-hydrogen) atoms. The Morgan fingerprint density at radius 3 is 2.73 bits per heavy atom. The molecule has 80 valence electrons. The zero-order chi connectivity index (χ0) is 10.8. The minimum Gasteiger partial charge on any atom is -0.511 e. The minimum absolute atomic E-state index is 0.0909. The average Bonchev–Trinajstić information content (AvgIpc) is 2.59. The van der Waals surface area contributed by atoms with Gasteiger partial charge in [0, 0.05) is 5.92 Å². The molecule has 2 aliphatic rings. The van der Waals surface area contributed by atoms with Gasteiger partial charge in [-0.25, -0.2) is 4.79 Å². The maximum atomic E-state index is 11.3. The number of ether oxygens (including phenoxy) is 1. The second kappa shape index (κ2) is 3.88. The van der Waals surface area contributed by atoms with Gasteiger partial charge in [0.1, 0.15) is 11.3 Å². The third kappa shape index (κ3) is 1.79.